The predicted molar refractivity (Wildman–Crippen MR) is 150 cm³/mol. The van der Waals surface area contributed by atoms with Gasteiger partial charge >= 0.3 is 0 Å². The largest absolute Gasteiger partial charge is 0.461 e. The highest BCUT2D eigenvalue weighted by atomic mass is 16.3. The van der Waals surface area contributed by atoms with Crippen molar-refractivity contribution in [2.24, 2.45) is 0 Å². The van der Waals surface area contributed by atoms with Crippen molar-refractivity contribution in [1.29, 1.82) is 0 Å². The SMILES string of the molecule is CC(=O)C=CC(=O)c1ccc(-c2ccccc2)cc1.Cc1ccc(-c2ccc(-c3ccccc3)cc2)o1. The van der Waals surface area contributed by atoms with Gasteiger partial charge in [-0.15, -0.1) is 0 Å². The van der Waals surface area contributed by atoms with Gasteiger partial charge in [0.15, 0.2) is 11.6 Å². The summed E-state index contributed by atoms with van der Waals surface area (Å²) in [5, 5.41) is 0. The number of benzene rings is 4. The van der Waals surface area contributed by atoms with Crippen molar-refractivity contribution in [1.82, 2.24) is 0 Å². The van der Waals surface area contributed by atoms with Crippen molar-refractivity contribution in [2.45, 2.75) is 13.8 Å². The van der Waals surface area contributed by atoms with Gasteiger partial charge in [-0.3, -0.25) is 9.59 Å². The molecule has 0 aliphatic rings. The molecule has 0 aliphatic carbocycles. The quantitative estimate of drug-likeness (QED) is 0.179. The number of hydrogen-bond donors (Lipinski definition) is 0. The first-order valence-corrected chi connectivity index (χ1v) is 12.1. The van der Waals surface area contributed by atoms with E-state index in [2.05, 4.69) is 48.5 Å². The van der Waals surface area contributed by atoms with Crippen molar-refractivity contribution < 1.29 is 14.0 Å². The first-order chi connectivity index (χ1) is 18.0. The summed E-state index contributed by atoms with van der Waals surface area (Å²) in [6.07, 6.45) is 2.59. The molecule has 0 atom stereocenters. The van der Waals surface area contributed by atoms with Crippen LogP contribution < -0.4 is 0 Å². The van der Waals surface area contributed by atoms with Crippen LogP contribution in [0.4, 0.5) is 0 Å². The molecule has 0 unspecified atom stereocenters. The van der Waals surface area contributed by atoms with E-state index >= 15 is 0 Å². The molecule has 0 aliphatic heterocycles. The Morgan fingerprint density at radius 3 is 1.46 bits per heavy atom. The normalized spacial score (nSPS) is 10.5. The summed E-state index contributed by atoms with van der Waals surface area (Å²) < 4.78 is 5.62. The van der Waals surface area contributed by atoms with E-state index in [0.29, 0.717) is 5.56 Å². The van der Waals surface area contributed by atoms with Gasteiger partial charge in [0.05, 0.1) is 0 Å². The third-order valence-electron chi connectivity index (χ3n) is 5.76. The standard InChI is InChI=1S/C17H14O2.C17H14O/c1-13(18)7-12-17(19)16-10-8-15(9-11-16)14-5-3-2-4-6-14;1-13-7-12-17(18-13)16-10-8-15(9-11-16)14-5-3-2-4-6-14/h2-12H,1H3;2-12H,1H3. The molecule has 0 radical (unpaired) electrons. The Morgan fingerprint density at radius 1 is 0.541 bits per heavy atom. The molecule has 37 heavy (non-hydrogen) atoms. The highest BCUT2D eigenvalue weighted by Gasteiger charge is 2.04. The van der Waals surface area contributed by atoms with E-state index in [4.69, 9.17) is 4.42 Å². The van der Waals surface area contributed by atoms with Crippen LogP contribution in [-0.2, 0) is 4.79 Å². The van der Waals surface area contributed by atoms with E-state index in [-0.39, 0.29) is 11.6 Å². The summed E-state index contributed by atoms with van der Waals surface area (Å²) in [6.45, 7) is 3.38. The van der Waals surface area contributed by atoms with Crippen LogP contribution in [-0.4, -0.2) is 11.6 Å². The molecular formula is C34H28O3. The molecule has 3 nitrogen and oxygen atoms in total. The predicted octanol–water partition coefficient (Wildman–Crippen LogP) is 8.60. The number of allylic oxidation sites excluding steroid dienone is 2. The summed E-state index contributed by atoms with van der Waals surface area (Å²) in [5.74, 6) is 1.58. The van der Waals surface area contributed by atoms with Crippen molar-refractivity contribution >= 4 is 11.6 Å². The second kappa shape index (κ2) is 12.3. The topological polar surface area (TPSA) is 47.3 Å². The molecule has 5 aromatic rings. The Balaban J connectivity index is 0.000000173. The summed E-state index contributed by atoms with van der Waals surface area (Å²) in [4.78, 5) is 22.5. The van der Waals surface area contributed by atoms with Gasteiger partial charge in [0.1, 0.15) is 11.5 Å². The minimum Gasteiger partial charge on any atom is -0.461 e. The zero-order chi connectivity index (χ0) is 26.0. The van der Waals surface area contributed by atoms with Gasteiger partial charge in [0.2, 0.25) is 0 Å². The van der Waals surface area contributed by atoms with Crippen LogP contribution in [0.2, 0.25) is 0 Å². The Morgan fingerprint density at radius 2 is 1.00 bits per heavy atom. The second-order valence-electron chi connectivity index (χ2n) is 8.61. The molecule has 0 N–H and O–H groups in total. The molecule has 182 valence electrons. The molecule has 4 aromatic carbocycles. The zero-order valence-electron chi connectivity index (χ0n) is 20.9. The highest BCUT2D eigenvalue weighted by molar-refractivity contribution is 6.07. The Kier molecular flexibility index (Phi) is 8.41. The molecule has 1 heterocycles. The van der Waals surface area contributed by atoms with Crippen LogP contribution >= 0.6 is 0 Å². The molecular weight excluding hydrogens is 456 g/mol. The first kappa shape index (κ1) is 25.3. The van der Waals surface area contributed by atoms with E-state index in [1.165, 1.54) is 30.2 Å². The fourth-order valence-electron chi connectivity index (χ4n) is 3.79. The molecule has 3 heteroatoms. The summed E-state index contributed by atoms with van der Waals surface area (Å²) in [5.41, 5.74) is 6.33. The summed E-state index contributed by atoms with van der Waals surface area (Å²) in [7, 11) is 0. The zero-order valence-corrected chi connectivity index (χ0v) is 20.9. The number of furan rings is 1. The van der Waals surface area contributed by atoms with Crippen LogP contribution in [0.3, 0.4) is 0 Å². The number of hydrogen-bond acceptors (Lipinski definition) is 3. The fraction of sp³-hybridized carbons (Fsp3) is 0.0588. The lowest BCUT2D eigenvalue weighted by Gasteiger charge is -2.02. The summed E-state index contributed by atoms with van der Waals surface area (Å²) in [6, 6.07) is 40.1. The van der Waals surface area contributed by atoms with Crippen LogP contribution in [0.5, 0.6) is 0 Å². The molecule has 0 saturated carbocycles. The fourth-order valence-corrected chi connectivity index (χ4v) is 3.79. The number of aryl methyl sites for hydroxylation is 1. The second-order valence-corrected chi connectivity index (χ2v) is 8.61. The average molecular weight is 485 g/mol. The molecule has 0 fully saturated rings. The van der Waals surface area contributed by atoms with E-state index in [9.17, 15) is 9.59 Å². The Bertz CT molecular complexity index is 1470. The molecule has 0 spiro atoms. The van der Waals surface area contributed by atoms with Crippen LogP contribution in [0.25, 0.3) is 33.6 Å². The molecule has 0 amide bonds. The average Bonchev–Trinajstić information content (AvgIpc) is 3.39. The Hall–Kier alpha value is -4.76. The lowest BCUT2D eigenvalue weighted by atomic mass is 10.0. The number of carbonyl (C=O) groups is 2. The number of rotatable bonds is 6. The number of ketones is 2. The number of carbonyl (C=O) groups excluding carboxylic acids is 2. The minimum absolute atomic E-state index is 0.130. The van der Waals surface area contributed by atoms with Gasteiger partial charge in [0.25, 0.3) is 0 Å². The van der Waals surface area contributed by atoms with Gasteiger partial charge in [-0.05, 0) is 60.4 Å². The lowest BCUT2D eigenvalue weighted by Crippen LogP contribution is -1.95. The van der Waals surface area contributed by atoms with Gasteiger partial charge in [-0.2, -0.15) is 0 Å². The third kappa shape index (κ3) is 7.12. The first-order valence-electron chi connectivity index (χ1n) is 12.1. The third-order valence-corrected chi connectivity index (χ3v) is 5.76. The minimum atomic E-state index is -0.158. The van der Waals surface area contributed by atoms with E-state index in [0.717, 1.165) is 28.2 Å². The van der Waals surface area contributed by atoms with Gasteiger partial charge in [-0.25, -0.2) is 0 Å². The van der Waals surface area contributed by atoms with Gasteiger partial charge < -0.3 is 4.42 Å². The monoisotopic (exact) mass is 484 g/mol. The van der Waals surface area contributed by atoms with Crippen molar-refractivity contribution in [3.8, 4) is 33.6 Å². The van der Waals surface area contributed by atoms with Crippen LogP contribution in [0.1, 0.15) is 23.0 Å². The van der Waals surface area contributed by atoms with Gasteiger partial charge in [0, 0.05) is 11.1 Å². The highest BCUT2D eigenvalue weighted by Crippen LogP contribution is 2.26. The van der Waals surface area contributed by atoms with Crippen molar-refractivity contribution in [3.05, 3.63) is 145 Å². The molecule has 1 aromatic heterocycles. The van der Waals surface area contributed by atoms with Gasteiger partial charge in [-0.1, -0.05) is 109 Å². The Labute approximate surface area is 217 Å². The van der Waals surface area contributed by atoms with Crippen molar-refractivity contribution in [2.75, 3.05) is 0 Å². The van der Waals surface area contributed by atoms with E-state index in [1.807, 2.05) is 67.6 Å². The van der Waals surface area contributed by atoms with E-state index < -0.39 is 0 Å². The molecule has 5 rings (SSSR count). The molecule has 0 bridgehead atoms. The maximum atomic E-state index is 11.8. The van der Waals surface area contributed by atoms with Crippen LogP contribution in [0.15, 0.2) is 138 Å². The maximum Gasteiger partial charge on any atom is 0.185 e. The molecule has 0 saturated heterocycles. The summed E-state index contributed by atoms with van der Waals surface area (Å²) >= 11 is 0. The van der Waals surface area contributed by atoms with E-state index in [1.54, 1.807) is 12.1 Å². The van der Waals surface area contributed by atoms with Crippen molar-refractivity contribution in [3.63, 3.8) is 0 Å². The maximum absolute atomic E-state index is 11.8. The lowest BCUT2D eigenvalue weighted by molar-refractivity contribution is -0.112. The smallest absolute Gasteiger partial charge is 0.185 e. The van der Waals surface area contributed by atoms with Crippen LogP contribution in [0, 0.1) is 6.92 Å².